The Kier molecular flexibility index (Phi) is 3.46. The van der Waals surface area contributed by atoms with Crippen LogP contribution < -0.4 is 0 Å². The highest BCUT2D eigenvalue weighted by molar-refractivity contribution is 7.82. The third-order valence-electron chi connectivity index (χ3n) is 1.78. The molecule has 0 fully saturated rings. The van der Waals surface area contributed by atoms with E-state index in [1.807, 2.05) is 0 Å². The van der Waals surface area contributed by atoms with Crippen molar-refractivity contribution in [1.82, 2.24) is 0 Å². The first-order chi connectivity index (χ1) is 7.02. The lowest BCUT2D eigenvalue weighted by atomic mass is 10.1. The van der Waals surface area contributed by atoms with Crippen LogP contribution in [-0.4, -0.2) is 20.9 Å². The predicted molar refractivity (Wildman–Crippen MR) is 57.0 cm³/mol. The van der Waals surface area contributed by atoms with E-state index >= 15 is 0 Å². The number of hydrogen-bond donors (Lipinski definition) is 1. The Balaban J connectivity index is 2.99. The van der Waals surface area contributed by atoms with Crippen molar-refractivity contribution in [3.8, 4) is 0 Å². The van der Waals surface area contributed by atoms with Gasteiger partial charge < -0.3 is 5.11 Å². The number of nitro benzene ring substituents is 1. The molecule has 15 heavy (non-hydrogen) atoms. The molecule has 1 N–H and O–H groups in total. The average molecular weight is 225 g/mol. The molecule has 0 saturated carbocycles. The van der Waals surface area contributed by atoms with Crippen molar-refractivity contribution in [2.75, 3.05) is 0 Å². The molecule has 0 bridgehead atoms. The lowest BCUT2D eigenvalue weighted by molar-refractivity contribution is -0.385. The molecule has 78 valence electrons. The normalized spacial score (nSPS) is 9.60. The van der Waals surface area contributed by atoms with Gasteiger partial charge in [0, 0.05) is 18.1 Å². The summed E-state index contributed by atoms with van der Waals surface area (Å²) in [4.78, 5) is 20.3. The lowest BCUT2D eigenvalue weighted by Gasteiger charge is -2.00. The first kappa shape index (κ1) is 11.3. The number of carboxylic acids is 1. The van der Waals surface area contributed by atoms with Gasteiger partial charge in [0.2, 0.25) is 0 Å². The molecule has 5 nitrogen and oxygen atoms in total. The topological polar surface area (TPSA) is 80.4 Å². The summed E-state index contributed by atoms with van der Waals surface area (Å²) in [6, 6.07) is 5.94. The van der Waals surface area contributed by atoms with Crippen LogP contribution >= 0.6 is 12.2 Å². The second-order valence-corrected chi connectivity index (χ2v) is 3.28. The Hall–Kier alpha value is -1.82. The van der Waals surface area contributed by atoms with Gasteiger partial charge in [0.15, 0.2) is 0 Å². The predicted octanol–water partition coefficient (Wildman–Crippen LogP) is 1.59. The Labute approximate surface area is 90.5 Å². The maximum absolute atomic E-state index is 10.6. The number of para-hydroxylation sites is 1. The van der Waals surface area contributed by atoms with Gasteiger partial charge in [-0.05, 0) is 0 Å². The van der Waals surface area contributed by atoms with Crippen molar-refractivity contribution < 1.29 is 14.8 Å². The fourth-order valence-electron chi connectivity index (χ4n) is 1.09. The quantitative estimate of drug-likeness (QED) is 0.478. The van der Waals surface area contributed by atoms with Gasteiger partial charge in [0.05, 0.1) is 4.92 Å². The summed E-state index contributed by atoms with van der Waals surface area (Å²) in [6.07, 6.45) is -0.0954. The monoisotopic (exact) mass is 225 g/mol. The SMILES string of the molecule is O=C(O)C(=S)Cc1ccccc1[N+](=O)[O-]. The van der Waals surface area contributed by atoms with E-state index in [2.05, 4.69) is 12.2 Å². The van der Waals surface area contributed by atoms with Crippen molar-refractivity contribution in [3.63, 3.8) is 0 Å². The molecular weight excluding hydrogens is 218 g/mol. The van der Waals surface area contributed by atoms with Crippen molar-refractivity contribution in [2.24, 2.45) is 0 Å². The summed E-state index contributed by atoms with van der Waals surface area (Å²) in [6.45, 7) is 0. The van der Waals surface area contributed by atoms with E-state index in [0.29, 0.717) is 5.56 Å². The zero-order valence-corrected chi connectivity index (χ0v) is 8.36. The van der Waals surface area contributed by atoms with Crippen LogP contribution in [0.4, 0.5) is 5.69 Å². The molecule has 0 unspecified atom stereocenters. The molecule has 1 aromatic rings. The second kappa shape index (κ2) is 4.61. The van der Waals surface area contributed by atoms with Crippen molar-refractivity contribution in [2.45, 2.75) is 6.42 Å². The molecule has 6 heteroatoms. The zero-order chi connectivity index (χ0) is 11.4. The van der Waals surface area contributed by atoms with Gasteiger partial charge in [-0.1, -0.05) is 30.4 Å². The Morgan fingerprint density at radius 3 is 2.60 bits per heavy atom. The minimum atomic E-state index is -1.22. The number of hydrogen-bond acceptors (Lipinski definition) is 4. The van der Waals surface area contributed by atoms with Crippen LogP contribution in [0, 0.1) is 10.1 Å². The molecule has 0 aliphatic carbocycles. The van der Waals surface area contributed by atoms with Gasteiger partial charge >= 0.3 is 5.97 Å². The van der Waals surface area contributed by atoms with E-state index in [1.165, 1.54) is 18.2 Å². The van der Waals surface area contributed by atoms with E-state index in [4.69, 9.17) is 5.11 Å². The number of benzene rings is 1. The van der Waals surface area contributed by atoms with Crippen molar-refractivity contribution >= 4 is 28.7 Å². The van der Waals surface area contributed by atoms with Crippen LogP contribution in [0.15, 0.2) is 24.3 Å². The van der Waals surface area contributed by atoms with E-state index in [1.54, 1.807) is 6.07 Å². The lowest BCUT2D eigenvalue weighted by Crippen LogP contribution is -2.13. The molecule has 1 rings (SSSR count). The average Bonchev–Trinajstić information content (AvgIpc) is 2.18. The molecule has 0 aliphatic heterocycles. The molecule has 0 aliphatic rings. The van der Waals surface area contributed by atoms with Gasteiger partial charge in [-0.3, -0.25) is 10.1 Å². The molecular formula is C9H7NO4S. The van der Waals surface area contributed by atoms with E-state index in [0.717, 1.165) is 0 Å². The summed E-state index contributed by atoms with van der Waals surface area (Å²) in [5, 5.41) is 19.1. The van der Waals surface area contributed by atoms with Crippen LogP contribution in [0.5, 0.6) is 0 Å². The van der Waals surface area contributed by atoms with Crippen LogP contribution in [0.1, 0.15) is 5.56 Å². The van der Waals surface area contributed by atoms with Crippen LogP contribution in [0.3, 0.4) is 0 Å². The molecule has 0 spiro atoms. The van der Waals surface area contributed by atoms with Crippen LogP contribution in [0.25, 0.3) is 0 Å². The number of rotatable bonds is 4. The first-order valence-electron chi connectivity index (χ1n) is 4.01. The van der Waals surface area contributed by atoms with Crippen molar-refractivity contribution in [1.29, 1.82) is 0 Å². The minimum Gasteiger partial charge on any atom is -0.477 e. The molecule has 0 atom stereocenters. The number of carbonyl (C=O) groups is 1. The highest BCUT2D eigenvalue weighted by Crippen LogP contribution is 2.18. The highest BCUT2D eigenvalue weighted by Gasteiger charge is 2.16. The van der Waals surface area contributed by atoms with Crippen LogP contribution in [0.2, 0.25) is 0 Å². The summed E-state index contributed by atoms with van der Waals surface area (Å²) in [5.41, 5.74) is 0.205. The summed E-state index contributed by atoms with van der Waals surface area (Å²) >= 11 is 4.58. The Morgan fingerprint density at radius 2 is 2.07 bits per heavy atom. The number of aliphatic carboxylic acids is 1. The molecule has 0 radical (unpaired) electrons. The van der Waals surface area contributed by atoms with Crippen LogP contribution in [-0.2, 0) is 11.2 Å². The van der Waals surface area contributed by atoms with E-state index < -0.39 is 10.9 Å². The second-order valence-electron chi connectivity index (χ2n) is 2.79. The summed E-state index contributed by atoms with van der Waals surface area (Å²) in [5.74, 6) is -1.22. The van der Waals surface area contributed by atoms with Gasteiger partial charge in [0.25, 0.3) is 5.69 Å². The Morgan fingerprint density at radius 1 is 1.47 bits per heavy atom. The van der Waals surface area contributed by atoms with Gasteiger partial charge in [0.1, 0.15) is 4.86 Å². The van der Waals surface area contributed by atoms with Crippen molar-refractivity contribution in [3.05, 3.63) is 39.9 Å². The summed E-state index contributed by atoms with van der Waals surface area (Å²) in [7, 11) is 0. The fraction of sp³-hybridized carbons (Fsp3) is 0.111. The van der Waals surface area contributed by atoms with Gasteiger partial charge in [-0.15, -0.1) is 0 Å². The molecule has 0 aromatic heterocycles. The number of thiocarbonyl (C=S) groups is 1. The maximum Gasteiger partial charge on any atom is 0.342 e. The smallest absolute Gasteiger partial charge is 0.342 e. The third-order valence-corrected chi connectivity index (χ3v) is 2.10. The minimum absolute atomic E-state index is 0.0954. The number of nitrogens with zero attached hydrogens (tertiary/aromatic N) is 1. The largest absolute Gasteiger partial charge is 0.477 e. The third kappa shape index (κ3) is 2.81. The zero-order valence-electron chi connectivity index (χ0n) is 7.54. The Bertz CT molecular complexity index is 430. The fourth-order valence-corrected chi connectivity index (χ4v) is 1.24. The molecule has 0 heterocycles. The molecule has 0 amide bonds. The van der Waals surface area contributed by atoms with Gasteiger partial charge in [-0.25, -0.2) is 4.79 Å². The number of carboxylic acid groups (broad SMARTS) is 1. The standard InChI is InChI=1S/C9H7NO4S/c11-9(12)8(15)5-6-3-1-2-4-7(6)10(13)14/h1-4H,5H2,(H,11,12). The molecule has 1 aromatic carbocycles. The number of nitro groups is 1. The maximum atomic E-state index is 10.6. The van der Waals surface area contributed by atoms with E-state index in [-0.39, 0.29) is 17.0 Å². The summed E-state index contributed by atoms with van der Waals surface area (Å²) < 4.78 is 0. The first-order valence-corrected chi connectivity index (χ1v) is 4.41. The highest BCUT2D eigenvalue weighted by atomic mass is 32.1. The molecule has 0 saturated heterocycles. The van der Waals surface area contributed by atoms with Gasteiger partial charge in [-0.2, -0.15) is 0 Å². The van der Waals surface area contributed by atoms with E-state index in [9.17, 15) is 14.9 Å².